The number of ketones is 1. The van der Waals surface area contributed by atoms with E-state index in [1.807, 2.05) is 37.3 Å². The Hall–Kier alpha value is -3.52. The molecule has 2 atom stereocenters. The molecule has 3 heterocycles. The van der Waals surface area contributed by atoms with Gasteiger partial charge < -0.3 is 9.84 Å². The van der Waals surface area contributed by atoms with E-state index in [4.69, 9.17) is 4.74 Å². The lowest BCUT2D eigenvalue weighted by Crippen LogP contribution is -2.29. The first-order valence-corrected chi connectivity index (χ1v) is 11.7. The zero-order valence-electron chi connectivity index (χ0n) is 18.5. The van der Waals surface area contributed by atoms with Crippen molar-refractivity contribution in [1.29, 1.82) is 0 Å². The number of aryl methyl sites for hydroxylation is 2. The number of aliphatic hydroxyl groups is 1. The smallest absolute Gasteiger partial charge is 0.301 e. The molecule has 7 nitrogen and oxygen atoms in total. The van der Waals surface area contributed by atoms with E-state index in [9.17, 15) is 14.7 Å². The lowest BCUT2D eigenvalue weighted by Gasteiger charge is -2.22. The van der Waals surface area contributed by atoms with Gasteiger partial charge in [-0.1, -0.05) is 42.5 Å². The number of amides is 1. The zero-order valence-corrected chi connectivity index (χ0v) is 19.3. The maximum atomic E-state index is 13.2. The predicted octanol–water partition coefficient (Wildman–Crippen LogP) is 4.36. The maximum Gasteiger partial charge on any atom is 0.301 e. The van der Waals surface area contributed by atoms with Crippen molar-refractivity contribution in [3.05, 3.63) is 75.3 Å². The number of rotatable bonds is 4. The second-order valence-electron chi connectivity index (χ2n) is 8.32. The molecule has 1 N–H and O–H groups in total. The van der Waals surface area contributed by atoms with Gasteiger partial charge in [-0.05, 0) is 55.2 Å². The second-order valence-corrected chi connectivity index (χ2v) is 9.48. The Morgan fingerprint density at radius 3 is 2.61 bits per heavy atom. The topological polar surface area (TPSA) is 92.6 Å². The van der Waals surface area contributed by atoms with E-state index in [1.165, 1.54) is 16.2 Å². The van der Waals surface area contributed by atoms with Crippen LogP contribution in [-0.4, -0.2) is 33.1 Å². The second kappa shape index (κ2) is 8.12. The number of aromatic nitrogens is 2. The third-order valence-corrected chi connectivity index (χ3v) is 6.88. The van der Waals surface area contributed by atoms with Gasteiger partial charge in [-0.25, -0.2) is 0 Å². The molecule has 3 aromatic rings. The Kier molecular flexibility index (Phi) is 5.25. The monoisotopic (exact) mass is 461 g/mol. The molecule has 2 aliphatic heterocycles. The van der Waals surface area contributed by atoms with E-state index >= 15 is 0 Å². The highest BCUT2D eigenvalue weighted by atomic mass is 32.1. The molecule has 0 radical (unpaired) electrons. The first-order chi connectivity index (χ1) is 15.9. The Bertz CT molecular complexity index is 1300. The van der Waals surface area contributed by atoms with Crippen molar-refractivity contribution in [1.82, 2.24) is 10.2 Å². The molecule has 33 heavy (non-hydrogen) atoms. The molecular weight excluding hydrogens is 438 g/mol. The van der Waals surface area contributed by atoms with E-state index in [0.29, 0.717) is 15.7 Å². The Labute approximate surface area is 195 Å². The predicted molar refractivity (Wildman–Crippen MR) is 125 cm³/mol. The molecule has 2 aromatic carbocycles. The van der Waals surface area contributed by atoms with Crippen LogP contribution in [0.15, 0.2) is 48.0 Å². The van der Waals surface area contributed by atoms with Gasteiger partial charge in [0.1, 0.15) is 22.6 Å². The van der Waals surface area contributed by atoms with E-state index < -0.39 is 17.7 Å². The molecule has 0 bridgehead atoms. The molecule has 2 aliphatic rings. The number of benzene rings is 2. The number of fused-ring (bicyclic) bond motifs is 1. The summed E-state index contributed by atoms with van der Waals surface area (Å²) < 4.78 is 5.75. The Morgan fingerprint density at radius 1 is 1.18 bits per heavy atom. The fourth-order valence-electron chi connectivity index (χ4n) is 4.39. The molecule has 168 valence electrons. The van der Waals surface area contributed by atoms with Crippen LogP contribution in [0.2, 0.25) is 0 Å². The summed E-state index contributed by atoms with van der Waals surface area (Å²) in [6.07, 6.45) is 1.64. The molecule has 0 spiro atoms. The van der Waals surface area contributed by atoms with Crippen LogP contribution >= 0.6 is 11.3 Å². The number of ether oxygens (including phenoxy) is 1. The van der Waals surface area contributed by atoms with Crippen LogP contribution in [-0.2, 0) is 22.4 Å². The Balaban J connectivity index is 1.67. The van der Waals surface area contributed by atoms with Gasteiger partial charge in [0.25, 0.3) is 5.78 Å². The van der Waals surface area contributed by atoms with Crippen LogP contribution in [0.4, 0.5) is 5.13 Å². The molecule has 8 heteroatoms. The van der Waals surface area contributed by atoms with Gasteiger partial charge >= 0.3 is 5.91 Å². The zero-order chi connectivity index (χ0) is 23.3. The molecular formula is C25H23N3O4S. The Morgan fingerprint density at radius 2 is 1.94 bits per heavy atom. The molecule has 1 fully saturated rings. The van der Waals surface area contributed by atoms with Gasteiger partial charge in [-0.3, -0.25) is 14.5 Å². The van der Waals surface area contributed by atoms with E-state index in [2.05, 4.69) is 17.1 Å². The maximum absolute atomic E-state index is 13.2. The quantitative estimate of drug-likeness (QED) is 0.353. The minimum atomic E-state index is -0.799. The van der Waals surface area contributed by atoms with Crippen LogP contribution in [0.1, 0.15) is 47.2 Å². The van der Waals surface area contributed by atoms with E-state index in [0.717, 1.165) is 35.3 Å². The highest BCUT2D eigenvalue weighted by Gasteiger charge is 2.48. The third kappa shape index (κ3) is 3.60. The van der Waals surface area contributed by atoms with Gasteiger partial charge in [-0.2, -0.15) is 0 Å². The molecule has 0 unspecified atom stereocenters. The summed E-state index contributed by atoms with van der Waals surface area (Å²) in [5.41, 5.74) is 3.34. The summed E-state index contributed by atoms with van der Waals surface area (Å²) in [7, 11) is 0. The van der Waals surface area contributed by atoms with Gasteiger partial charge in [0.05, 0.1) is 11.6 Å². The van der Waals surface area contributed by atoms with Crippen LogP contribution in [0.3, 0.4) is 0 Å². The summed E-state index contributed by atoms with van der Waals surface area (Å²) in [6, 6.07) is 12.3. The van der Waals surface area contributed by atoms with Crippen molar-refractivity contribution >= 4 is 33.9 Å². The molecule has 5 rings (SSSR count). The largest absolute Gasteiger partial charge is 0.507 e. The number of Topliss-reactive ketones (excluding diaryl/α,β-unsaturated/α-hetero) is 1. The fraction of sp³-hybridized carbons (Fsp3) is 0.280. The van der Waals surface area contributed by atoms with Gasteiger partial charge in [0, 0.05) is 12.0 Å². The summed E-state index contributed by atoms with van der Waals surface area (Å²) in [4.78, 5) is 27.7. The summed E-state index contributed by atoms with van der Waals surface area (Å²) >= 11 is 1.23. The lowest BCUT2D eigenvalue weighted by molar-refractivity contribution is -0.132. The first-order valence-electron chi connectivity index (χ1n) is 10.9. The number of carbonyl (C=O) groups excluding carboxylic acids is 2. The van der Waals surface area contributed by atoms with Crippen LogP contribution in [0.5, 0.6) is 5.75 Å². The number of aliphatic hydroxyl groups excluding tert-OH is 1. The minimum Gasteiger partial charge on any atom is -0.507 e. The van der Waals surface area contributed by atoms with Crippen LogP contribution < -0.4 is 9.64 Å². The highest BCUT2D eigenvalue weighted by Crippen LogP contribution is 2.43. The molecule has 1 amide bonds. The van der Waals surface area contributed by atoms with Crippen molar-refractivity contribution in [2.75, 3.05) is 4.90 Å². The van der Waals surface area contributed by atoms with E-state index in [-0.39, 0.29) is 17.4 Å². The van der Waals surface area contributed by atoms with Crippen LogP contribution in [0.25, 0.3) is 5.76 Å². The summed E-state index contributed by atoms with van der Waals surface area (Å²) in [5.74, 6) is -0.898. The highest BCUT2D eigenvalue weighted by molar-refractivity contribution is 7.15. The van der Waals surface area contributed by atoms with Crippen molar-refractivity contribution in [2.45, 2.75) is 45.8 Å². The van der Waals surface area contributed by atoms with Crippen molar-refractivity contribution < 1.29 is 19.4 Å². The summed E-state index contributed by atoms with van der Waals surface area (Å²) in [6.45, 7) is 5.83. The number of carbonyl (C=O) groups is 2. The van der Waals surface area contributed by atoms with Crippen molar-refractivity contribution in [3.8, 4) is 5.75 Å². The standard InChI is InChI=1S/C25H23N3O4S/c1-4-15-5-7-16(8-6-15)21-20(23(30)24(31)28(21)25-27-26-14(3)33-25)22(29)17-9-10-19-18(12-17)11-13(2)32-19/h5-10,12-13,21,29H,4,11H2,1-3H3/t13-,21-/m0/s1. The lowest BCUT2D eigenvalue weighted by atomic mass is 9.94. The van der Waals surface area contributed by atoms with Crippen LogP contribution in [0, 0.1) is 6.92 Å². The van der Waals surface area contributed by atoms with Crippen molar-refractivity contribution in [3.63, 3.8) is 0 Å². The normalized spacial score (nSPS) is 21.4. The minimum absolute atomic E-state index is 0.0454. The van der Waals surface area contributed by atoms with Gasteiger partial charge in [0.2, 0.25) is 5.13 Å². The molecule has 0 saturated carbocycles. The molecule has 1 saturated heterocycles. The number of nitrogens with zero attached hydrogens (tertiary/aromatic N) is 3. The first kappa shape index (κ1) is 21.3. The van der Waals surface area contributed by atoms with Gasteiger partial charge in [0.15, 0.2) is 0 Å². The number of anilines is 1. The number of hydrogen-bond donors (Lipinski definition) is 1. The molecule has 1 aromatic heterocycles. The van der Waals surface area contributed by atoms with Gasteiger partial charge in [-0.15, -0.1) is 10.2 Å². The SMILES string of the molecule is CCc1ccc([C@H]2C(=C(O)c3ccc4c(c3)C[C@H](C)O4)C(=O)C(=O)N2c2nnc(C)s2)cc1. The average Bonchev–Trinajstić information content (AvgIpc) is 3.48. The summed E-state index contributed by atoms with van der Waals surface area (Å²) in [5, 5.41) is 20.5. The third-order valence-electron chi connectivity index (χ3n) is 6.04. The van der Waals surface area contributed by atoms with E-state index in [1.54, 1.807) is 19.1 Å². The molecule has 0 aliphatic carbocycles. The average molecular weight is 462 g/mol. The van der Waals surface area contributed by atoms with Crippen molar-refractivity contribution in [2.24, 2.45) is 0 Å². The number of hydrogen-bond acceptors (Lipinski definition) is 7. The fourth-order valence-corrected chi connectivity index (χ4v) is 5.10.